The number of nitrogens with zero attached hydrogens (tertiary/aromatic N) is 2. The van der Waals surface area contributed by atoms with Gasteiger partial charge in [0.05, 0.1) is 22.3 Å². The smallest absolute Gasteiger partial charge is 0.261 e. The fraction of sp³-hybridized carbons (Fsp3) is 0.300. The topological polar surface area (TPSA) is 105 Å². The summed E-state index contributed by atoms with van der Waals surface area (Å²) in [5, 5.41) is 11.0. The molecule has 3 heterocycles. The highest BCUT2D eigenvalue weighted by Crippen LogP contribution is 2.34. The zero-order chi connectivity index (χ0) is 20.7. The monoisotopic (exact) mass is 411 g/mol. The maximum Gasteiger partial charge on any atom is 0.261 e. The second kappa shape index (κ2) is 7.32. The molecule has 2 amide bonds. The molecule has 1 aliphatic carbocycles. The van der Waals surface area contributed by atoms with Crippen molar-refractivity contribution in [1.29, 1.82) is 0 Å². The van der Waals surface area contributed by atoms with Crippen molar-refractivity contribution in [2.45, 2.75) is 19.8 Å². The molecule has 0 bridgehead atoms. The lowest BCUT2D eigenvalue weighted by molar-refractivity contribution is -0.117. The Bertz CT molecular complexity index is 1190. The van der Waals surface area contributed by atoms with Crippen LogP contribution in [0.4, 0.5) is 17.2 Å². The van der Waals surface area contributed by atoms with Crippen LogP contribution in [0.15, 0.2) is 28.6 Å². The van der Waals surface area contributed by atoms with Crippen molar-refractivity contribution in [2.75, 3.05) is 17.7 Å². The quantitative estimate of drug-likeness (QED) is 0.599. The first-order chi connectivity index (χ1) is 13.9. The number of hydrogen-bond acceptors (Lipinski definition) is 6. The molecule has 3 N–H and O–H groups in total. The van der Waals surface area contributed by atoms with Crippen LogP contribution in [0.25, 0.3) is 10.1 Å². The molecule has 0 unspecified atom stereocenters. The van der Waals surface area contributed by atoms with Gasteiger partial charge in [0.2, 0.25) is 5.91 Å². The second-order valence-corrected chi connectivity index (χ2v) is 8.04. The number of thiophene rings is 1. The van der Waals surface area contributed by atoms with E-state index in [4.69, 9.17) is 0 Å². The van der Waals surface area contributed by atoms with Gasteiger partial charge in [0.25, 0.3) is 11.5 Å². The molecule has 0 aromatic carbocycles. The van der Waals surface area contributed by atoms with Crippen LogP contribution in [0.1, 0.15) is 28.8 Å². The summed E-state index contributed by atoms with van der Waals surface area (Å²) in [6, 6.07) is 1.62. The molecule has 8 nitrogen and oxygen atoms in total. The minimum Gasteiger partial charge on any atom is -0.355 e. The van der Waals surface area contributed by atoms with Gasteiger partial charge in [-0.3, -0.25) is 14.4 Å². The molecule has 9 heteroatoms. The van der Waals surface area contributed by atoms with E-state index in [-0.39, 0.29) is 23.3 Å². The lowest BCUT2D eigenvalue weighted by Gasteiger charge is -2.13. The highest BCUT2D eigenvalue weighted by atomic mass is 32.1. The first-order valence-electron chi connectivity index (χ1n) is 9.26. The van der Waals surface area contributed by atoms with E-state index in [0.29, 0.717) is 28.1 Å². The van der Waals surface area contributed by atoms with Crippen molar-refractivity contribution in [3.05, 3.63) is 45.3 Å². The highest BCUT2D eigenvalue weighted by Gasteiger charge is 2.30. The number of aryl methyl sites for hydroxylation is 2. The summed E-state index contributed by atoms with van der Waals surface area (Å²) in [5.74, 6) is 0.0182. The lowest BCUT2D eigenvalue weighted by atomic mass is 10.2. The third-order valence-electron chi connectivity index (χ3n) is 4.92. The van der Waals surface area contributed by atoms with Gasteiger partial charge in [-0.15, -0.1) is 11.3 Å². The number of nitrogens with one attached hydrogen (secondary N) is 3. The van der Waals surface area contributed by atoms with Crippen molar-refractivity contribution < 1.29 is 9.59 Å². The van der Waals surface area contributed by atoms with Gasteiger partial charge in [0.1, 0.15) is 5.82 Å². The molecule has 0 saturated heterocycles. The van der Waals surface area contributed by atoms with E-state index in [1.165, 1.54) is 24.6 Å². The van der Waals surface area contributed by atoms with Gasteiger partial charge in [0.15, 0.2) is 0 Å². The summed E-state index contributed by atoms with van der Waals surface area (Å²) in [6.07, 6.45) is 4.99. The highest BCUT2D eigenvalue weighted by molar-refractivity contribution is 7.18. The minimum atomic E-state index is -0.316. The summed E-state index contributed by atoms with van der Waals surface area (Å²) < 4.78 is 2.44. The van der Waals surface area contributed by atoms with Gasteiger partial charge < -0.3 is 20.5 Å². The molecule has 0 spiro atoms. The maximum atomic E-state index is 12.7. The number of amides is 2. The summed E-state index contributed by atoms with van der Waals surface area (Å²) in [6.45, 7) is 1.95. The molecule has 1 saturated carbocycles. The van der Waals surface area contributed by atoms with Crippen LogP contribution in [0.2, 0.25) is 0 Å². The minimum absolute atomic E-state index is 0.0404. The third kappa shape index (κ3) is 3.61. The van der Waals surface area contributed by atoms with Crippen LogP contribution < -0.4 is 21.5 Å². The molecule has 0 atom stereocenters. The first kappa shape index (κ1) is 19.1. The van der Waals surface area contributed by atoms with E-state index >= 15 is 0 Å². The number of anilines is 3. The Labute approximate surface area is 171 Å². The van der Waals surface area contributed by atoms with Crippen LogP contribution in [-0.2, 0) is 11.8 Å². The first-order valence-corrected chi connectivity index (χ1v) is 10.1. The number of pyridine rings is 2. The van der Waals surface area contributed by atoms with Crippen molar-refractivity contribution in [2.24, 2.45) is 13.0 Å². The Balaban J connectivity index is 1.77. The molecule has 4 rings (SSSR count). The zero-order valence-corrected chi connectivity index (χ0v) is 17.1. The molecule has 3 aromatic rings. The molecule has 29 heavy (non-hydrogen) atoms. The van der Waals surface area contributed by atoms with Crippen molar-refractivity contribution in [3.63, 3.8) is 0 Å². The standard InChI is InChI=1S/C20H21N5O3S/c1-10-8-25(3)20(28)16-14(9-29-17(10)16)23-13-6-15(24-18(26)11-4-5-11)22-7-12(13)19(27)21-2/h6-9,11H,4-5H2,1-3H3,(H,21,27)(H2,22,23,24,26). The Hall–Kier alpha value is -3.20. The lowest BCUT2D eigenvalue weighted by Crippen LogP contribution is -2.21. The van der Waals surface area contributed by atoms with Gasteiger partial charge >= 0.3 is 0 Å². The maximum absolute atomic E-state index is 12.7. The molecule has 150 valence electrons. The molecule has 1 aliphatic rings. The van der Waals surface area contributed by atoms with E-state index in [0.717, 1.165) is 23.1 Å². The van der Waals surface area contributed by atoms with Crippen molar-refractivity contribution in [1.82, 2.24) is 14.9 Å². The largest absolute Gasteiger partial charge is 0.355 e. The van der Waals surface area contributed by atoms with E-state index in [1.54, 1.807) is 23.9 Å². The van der Waals surface area contributed by atoms with Gasteiger partial charge in [0, 0.05) is 48.6 Å². The summed E-state index contributed by atoms with van der Waals surface area (Å²) in [7, 11) is 3.25. The predicted molar refractivity (Wildman–Crippen MR) is 114 cm³/mol. The SMILES string of the molecule is CNC(=O)c1cnc(NC(=O)C2CC2)cc1Nc1csc2c(C)cn(C)c(=O)c12. The van der Waals surface area contributed by atoms with Gasteiger partial charge in [-0.2, -0.15) is 0 Å². The van der Waals surface area contributed by atoms with Crippen LogP contribution >= 0.6 is 11.3 Å². The Morgan fingerprint density at radius 2 is 2.03 bits per heavy atom. The number of aromatic nitrogens is 2. The van der Waals surface area contributed by atoms with E-state index in [2.05, 4.69) is 20.9 Å². The molecular weight excluding hydrogens is 390 g/mol. The fourth-order valence-corrected chi connectivity index (χ4v) is 4.16. The number of carbonyl (C=O) groups excluding carboxylic acids is 2. The van der Waals surface area contributed by atoms with Crippen LogP contribution in [-0.4, -0.2) is 28.4 Å². The average Bonchev–Trinajstić information content (AvgIpc) is 3.47. The number of rotatable bonds is 5. The van der Waals surface area contributed by atoms with Crippen LogP contribution in [0.5, 0.6) is 0 Å². The Morgan fingerprint density at radius 3 is 2.72 bits per heavy atom. The average molecular weight is 411 g/mol. The molecular formula is C20H21N5O3S. The fourth-order valence-electron chi connectivity index (χ4n) is 3.20. The zero-order valence-electron chi connectivity index (χ0n) is 16.3. The van der Waals surface area contributed by atoms with Gasteiger partial charge in [-0.05, 0) is 25.3 Å². The summed E-state index contributed by atoms with van der Waals surface area (Å²) in [4.78, 5) is 41.3. The number of fused-ring (bicyclic) bond motifs is 1. The van der Waals surface area contributed by atoms with Crippen molar-refractivity contribution in [3.8, 4) is 0 Å². The number of hydrogen-bond donors (Lipinski definition) is 3. The second-order valence-electron chi connectivity index (χ2n) is 7.16. The van der Waals surface area contributed by atoms with Gasteiger partial charge in [-0.1, -0.05) is 0 Å². The van der Waals surface area contributed by atoms with E-state index in [1.807, 2.05) is 12.3 Å². The molecule has 1 fully saturated rings. The summed E-state index contributed by atoms with van der Waals surface area (Å²) >= 11 is 1.47. The molecule has 0 radical (unpaired) electrons. The number of carbonyl (C=O) groups is 2. The summed E-state index contributed by atoms with van der Waals surface area (Å²) in [5.41, 5.74) is 2.28. The van der Waals surface area contributed by atoms with E-state index < -0.39 is 0 Å². The Morgan fingerprint density at radius 1 is 1.28 bits per heavy atom. The normalized spacial score (nSPS) is 13.3. The van der Waals surface area contributed by atoms with Gasteiger partial charge in [-0.25, -0.2) is 4.98 Å². The third-order valence-corrected chi connectivity index (χ3v) is 6.03. The van der Waals surface area contributed by atoms with Crippen LogP contribution in [0, 0.1) is 12.8 Å². The Kier molecular flexibility index (Phi) is 4.83. The molecule has 0 aliphatic heterocycles. The van der Waals surface area contributed by atoms with E-state index in [9.17, 15) is 14.4 Å². The predicted octanol–water partition coefficient (Wildman–Crippen LogP) is 2.76. The van der Waals surface area contributed by atoms with Crippen LogP contribution in [0.3, 0.4) is 0 Å². The molecule has 3 aromatic heterocycles. The van der Waals surface area contributed by atoms with Crippen molar-refractivity contribution >= 4 is 50.4 Å².